The van der Waals surface area contributed by atoms with Crippen molar-refractivity contribution in [3.63, 3.8) is 0 Å². The van der Waals surface area contributed by atoms with Crippen LogP contribution in [0.4, 0.5) is 0 Å². The van der Waals surface area contributed by atoms with Crippen LogP contribution >= 0.6 is 0 Å². The monoisotopic (exact) mass is 336 g/mol. The largest absolute Gasteiger partial charge is 0.390 e. The second-order valence-corrected chi connectivity index (χ2v) is 7.64. The molecule has 0 radical (unpaired) electrons. The number of aromatic nitrogens is 1. The molecule has 2 aliphatic heterocycles. The summed E-state index contributed by atoms with van der Waals surface area (Å²) in [6, 6.07) is 2.01. The number of hydrogen-bond acceptors (Lipinski definition) is 6. The summed E-state index contributed by atoms with van der Waals surface area (Å²) in [6.45, 7) is 13.1. The van der Waals surface area contributed by atoms with E-state index in [4.69, 9.17) is 4.52 Å². The SMILES string of the molecule is Cc1cc(CN2CCN(CC(O)CN3CCC(C)CC3)CC2)no1. The van der Waals surface area contributed by atoms with Crippen LogP contribution < -0.4 is 0 Å². The number of rotatable bonds is 6. The van der Waals surface area contributed by atoms with Crippen LogP contribution in [0.5, 0.6) is 0 Å². The Bertz CT molecular complexity index is 491. The van der Waals surface area contributed by atoms with Gasteiger partial charge in [0.05, 0.1) is 11.8 Å². The minimum Gasteiger partial charge on any atom is -0.390 e. The maximum atomic E-state index is 10.4. The van der Waals surface area contributed by atoms with Crippen molar-refractivity contribution in [2.24, 2.45) is 5.92 Å². The quantitative estimate of drug-likeness (QED) is 0.842. The Morgan fingerprint density at radius 2 is 1.67 bits per heavy atom. The predicted octanol–water partition coefficient (Wildman–Crippen LogP) is 1.19. The highest BCUT2D eigenvalue weighted by Crippen LogP contribution is 2.16. The van der Waals surface area contributed by atoms with Gasteiger partial charge >= 0.3 is 0 Å². The molecule has 0 amide bonds. The van der Waals surface area contributed by atoms with E-state index in [1.54, 1.807) is 0 Å². The van der Waals surface area contributed by atoms with E-state index < -0.39 is 0 Å². The number of aliphatic hydroxyl groups excluding tert-OH is 1. The third-order valence-corrected chi connectivity index (χ3v) is 5.34. The molecular weight excluding hydrogens is 304 g/mol. The van der Waals surface area contributed by atoms with E-state index in [1.165, 1.54) is 12.8 Å². The second kappa shape index (κ2) is 8.43. The molecule has 1 aromatic rings. The fourth-order valence-electron chi connectivity index (χ4n) is 3.75. The van der Waals surface area contributed by atoms with Gasteiger partial charge in [-0.1, -0.05) is 12.1 Å². The normalized spacial score (nSPS) is 23.6. The second-order valence-electron chi connectivity index (χ2n) is 7.64. The van der Waals surface area contributed by atoms with Gasteiger partial charge in [0, 0.05) is 51.9 Å². The maximum Gasteiger partial charge on any atom is 0.133 e. The van der Waals surface area contributed by atoms with Crippen molar-refractivity contribution >= 4 is 0 Å². The summed E-state index contributed by atoms with van der Waals surface area (Å²) < 4.78 is 5.13. The lowest BCUT2D eigenvalue weighted by Gasteiger charge is -2.37. The van der Waals surface area contributed by atoms with Gasteiger partial charge in [0.15, 0.2) is 0 Å². The average molecular weight is 336 g/mol. The third-order valence-electron chi connectivity index (χ3n) is 5.34. The smallest absolute Gasteiger partial charge is 0.133 e. The number of aliphatic hydroxyl groups is 1. The molecule has 2 saturated heterocycles. The molecule has 1 N–H and O–H groups in total. The highest BCUT2D eigenvalue weighted by atomic mass is 16.5. The summed E-state index contributed by atoms with van der Waals surface area (Å²) in [5.41, 5.74) is 1.01. The topological polar surface area (TPSA) is 56.0 Å². The van der Waals surface area contributed by atoms with Gasteiger partial charge in [0.2, 0.25) is 0 Å². The first-order valence-corrected chi connectivity index (χ1v) is 9.36. The van der Waals surface area contributed by atoms with Crippen LogP contribution in [0.1, 0.15) is 31.2 Å². The van der Waals surface area contributed by atoms with Crippen LogP contribution in [0, 0.1) is 12.8 Å². The van der Waals surface area contributed by atoms with Crippen LogP contribution in [0.2, 0.25) is 0 Å². The summed E-state index contributed by atoms with van der Waals surface area (Å²) in [6.07, 6.45) is 2.31. The third kappa shape index (κ3) is 5.28. The van der Waals surface area contributed by atoms with E-state index in [9.17, 15) is 5.11 Å². The van der Waals surface area contributed by atoms with E-state index in [2.05, 4.69) is 26.8 Å². The van der Waals surface area contributed by atoms with Gasteiger partial charge in [-0.15, -0.1) is 0 Å². The lowest BCUT2D eigenvalue weighted by molar-refractivity contribution is 0.0412. The number of aryl methyl sites for hydroxylation is 1. The first-order valence-electron chi connectivity index (χ1n) is 9.36. The Labute approximate surface area is 145 Å². The van der Waals surface area contributed by atoms with Gasteiger partial charge in [-0.3, -0.25) is 9.80 Å². The molecule has 1 aromatic heterocycles. The summed E-state index contributed by atoms with van der Waals surface area (Å²) in [5, 5.41) is 14.5. The lowest BCUT2D eigenvalue weighted by Crippen LogP contribution is -2.50. The molecule has 3 heterocycles. The molecular formula is C18H32N4O2. The van der Waals surface area contributed by atoms with Gasteiger partial charge in [-0.05, 0) is 38.8 Å². The zero-order valence-corrected chi connectivity index (χ0v) is 15.2. The molecule has 1 atom stereocenters. The fraction of sp³-hybridized carbons (Fsp3) is 0.833. The van der Waals surface area contributed by atoms with Crippen LogP contribution in [-0.4, -0.2) is 83.4 Å². The van der Waals surface area contributed by atoms with Gasteiger partial charge < -0.3 is 14.5 Å². The average Bonchev–Trinajstić information content (AvgIpc) is 2.96. The Morgan fingerprint density at radius 1 is 1.08 bits per heavy atom. The van der Waals surface area contributed by atoms with Crippen molar-refractivity contribution in [1.29, 1.82) is 0 Å². The van der Waals surface area contributed by atoms with E-state index in [1.807, 2.05) is 13.0 Å². The van der Waals surface area contributed by atoms with Crippen molar-refractivity contribution in [2.45, 2.75) is 39.3 Å². The van der Waals surface area contributed by atoms with Gasteiger partial charge in [-0.25, -0.2) is 0 Å². The highest BCUT2D eigenvalue weighted by molar-refractivity contribution is 5.03. The molecule has 0 aliphatic carbocycles. The molecule has 2 fully saturated rings. The predicted molar refractivity (Wildman–Crippen MR) is 93.8 cm³/mol. The molecule has 0 bridgehead atoms. The van der Waals surface area contributed by atoms with Crippen molar-refractivity contribution in [3.05, 3.63) is 17.5 Å². The molecule has 0 spiro atoms. The summed E-state index contributed by atoms with van der Waals surface area (Å²) in [7, 11) is 0. The minimum absolute atomic E-state index is 0.233. The van der Waals surface area contributed by atoms with Gasteiger partial charge in [0.25, 0.3) is 0 Å². The Hall–Kier alpha value is -0.950. The maximum absolute atomic E-state index is 10.4. The summed E-state index contributed by atoms with van der Waals surface area (Å²) in [5.74, 6) is 1.72. The van der Waals surface area contributed by atoms with Gasteiger partial charge in [0.1, 0.15) is 5.76 Å². The van der Waals surface area contributed by atoms with Crippen LogP contribution in [0.15, 0.2) is 10.6 Å². The standard InChI is InChI=1S/C18H32N4O2/c1-15-3-5-20(6-4-15)13-18(23)14-22-9-7-21(8-10-22)12-17-11-16(2)24-19-17/h11,15,18,23H,3-10,12-14H2,1-2H3. The van der Waals surface area contributed by atoms with E-state index in [0.717, 1.165) is 76.3 Å². The van der Waals surface area contributed by atoms with Crippen LogP contribution in [0.25, 0.3) is 0 Å². The number of piperazine rings is 1. The van der Waals surface area contributed by atoms with Crippen molar-refractivity contribution in [2.75, 3.05) is 52.4 Å². The number of piperidine rings is 1. The molecule has 3 rings (SSSR count). The molecule has 0 saturated carbocycles. The molecule has 6 heteroatoms. The number of nitrogens with zero attached hydrogens (tertiary/aromatic N) is 4. The summed E-state index contributed by atoms with van der Waals surface area (Å²) in [4.78, 5) is 7.22. The van der Waals surface area contributed by atoms with Crippen molar-refractivity contribution < 1.29 is 9.63 Å². The van der Waals surface area contributed by atoms with E-state index in [-0.39, 0.29) is 6.10 Å². The van der Waals surface area contributed by atoms with Gasteiger partial charge in [-0.2, -0.15) is 0 Å². The fourth-order valence-corrected chi connectivity index (χ4v) is 3.75. The van der Waals surface area contributed by atoms with E-state index >= 15 is 0 Å². The lowest BCUT2D eigenvalue weighted by atomic mass is 9.99. The van der Waals surface area contributed by atoms with Crippen molar-refractivity contribution in [1.82, 2.24) is 19.9 Å². The first-order chi connectivity index (χ1) is 11.6. The molecule has 0 aromatic carbocycles. The minimum atomic E-state index is -0.233. The van der Waals surface area contributed by atoms with Crippen LogP contribution in [0.3, 0.4) is 0 Å². The zero-order valence-electron chi connectivity index (χ0n) is 15.2. The molecule has 6 nitrogen and oxygen atoms in total. The molecule has 24 heavy (non-hydrogen) atoms. The molecule has 1 unspecified atom stereocenters. The Kier molecular flexibility index (Phi) is 6.27. The molecule has 136 valence electrons. The van der Waals surface area contributed by atoms with E-state index in [0.29, 0.717) is 0 Å². The summed E-state index contributed by atoms with van der Waals surface area (Å²) >= 11 is 0. The van der Waals surface area contributed by atoms with Crippen LogP contribution in [-0.2, 0) is 6.54 Å². The Balaban J connectivity index is 1.34. The zero-order chi connectivity index (χ0) is 16.9. The molecule has 2 aliphatic rings. The van der Waals surface area contributed by atoms with Crippen molar-refractivity contribution in [3.8, 4) is 0 Å². The Morgan fingerprint density at radius 3 is 2.25 bits per heavy atom. The number of β-amino-alcohol motifs (C(OH)–C–C–N with tert-alkyl or cyclic N) is 1. The number of hydrogen-bond donors (Lipinski definition) is 1. The number of likely N-dealkylation sites (tertiary alicyclic amines) is 1. The first kappa shape index (κ1) is 17.9. The highest BCUT2D eigenvalue weighted by Gasteiger charge is 2.22.